The first-order valence-corrected chi connectivity index (χ1v) is 7.66. The molecule has 0 unspecified atom stereocenters. The number of allylic oxidation sites excluding steroid dienone is 1. The molecule has 0 saturated heterocycles. The van der Waals surface area contributed by atoms with Gasteiger partial charge in [0.25, 0.3) is 0 Å². The van der Waals surface area contributed by atoms with E-state index in [4.69, 9.17) is 0 Å². The van der Waals surface area contributed by atoms with Gasteiger partial charge in [-0.05, 0) is 0 Å². The maximum absolute atomic E-state index is 2.34. The quantitative estimate of drug-likeness (QED) is 0.641. The van der Waals surface area contributed by atoms with Crippen molar-refractivity contribution in [3.63, 3.8) is 0 Å². The Morgan fingerprint density at radius 1 is 0.750 bits per heavy atom. The third-order valence-corrected chi connectivity index (χ3v) is 5.11. The van der Waals surface area contributed by atoms with Gasteiger partial charge in [0.05, 0.1) is 0 Å². The zero-order valence-corrected chi connectivity index (χ0v) is 10.9. The summed E-state index contributed by atoms with van der Waals surface area (Å²) >= 11 is -0.125. The van der Waals surface area contributed by atoms with Crippen molar-refractivity contribution in [2.24, 2.45) is 0 Å². The number of fused-ring (bicyclic) bond motifs is 3. The van der Waals surface area contributed by atoms with Crippen LogP contribution >= 0.6 is 0 Å². The minimum atomic E-state index is -0.125. The summed E-state index contributed by atoms with van der Waals surface area (Å²) < 4.78 is 1.53. The molecule has 1 aliphatic rings. The summed E-state index contributed by atoms with van der Waals surface area (Å²) in [5.41, 5.74) is 4.10. The van der Waals surface area contributed by atoms with Gasteiger partial charge in [0.2, 0.25) is 0 Å². The second kappa shape index (κ2) is 4.22. The summed E-state index contributed by atoms with van der Waals surface area (Å²) in [6.45, 7) is 0. The van der Waals surface area contributed by atoms with Crippen molar-refractivity contribution in [2.45, 2.75) is 0 Å². The predicted octanol–water partition coefficient (Wildman–Crippen LogP) is 2.51. The van der Waals surface area contributed by atoms with Crippen LogP contribution in [0, 0.1) is 0 Å². The van der Waals surface area contributed by atoms with E-state index in [2.05, 4.69) is 65.5 Å². The monoisotopic (exact) mass is 265 g/mol. The molecule has 0 atom stereocenters. The Hall–Kier alpha value is -1.41. The van der Waals surface area contributed by atoms with Crippen molar-refractivity contribution in [3.8, 4) is 11.1 Å². The Kier molecular flexibility index (Phi) is 2.58. The van der Waals surface area contributed by atoms with Crippen LogP contribution in [0.1, 0.15) is 5.56 Å². The topological polar surface area (TPSA) is 0 Å². The molecule has 0 bridgehead atoms. The summed E-state index contributed by atoms with van der Waals surface area (Å²) in [5.74, 6) is 0. The molecular formula is C15H11Ge. The molecule has 16 heavy (non-hydrogen) atoms. The fraction of sp³-hybridized carbons (Fsp3) is 0. The average Bonchev–Trinajstić information content (AvgIpc) is 2.33. The molecule has 0 amide bonds. The van der Waals surface area contributed by atoms with Crippen LogP contribution in [-0.2, 0) is 0 Å². The molecular weight excluding hydrogens is 253 g/mol. The number of hydrogen-bond acceptors (Lipinski definition) is 0. The van der Waals surface area contributed by atoms with Gasteiger partial charge >= 0.3 is 102 Å². The van der Waals surface area contributed by atoms with Crippen LogP contribution in [0.5, 0.6) is 0 Å². The molecule has 0 spiro atoms. The molecule has 1 heterocycles. The van der Waals surface area contributed by atoms with Crippen LogP contribution in [-0.4, -0.2) is 19.8 Å². The molecule has 0 aromatic heterocycles. The van der Waals surface area contributed by atoms with Crippen LogP contribution in [0.2, 0.25) is 0 Å². The zero-order valence-electron chi connectivity index (χ0n) is 8.85. The molecule has 0 saturated carbocycles. The van der Waals surface area contributed by atoms with Gasteiger partial charge in [0.1, 0.15) is 0 Å². The summed E-state index contributed by atoms with van der Waals surface area (Å²) in [6, 6.07) is 17.4. The molecule has 0 N–H and O–H groups in total. The van der Waals surface area contributed by atoms with E-state index in [0.717, 1.165) is 0 Å². The molecule has 1 heteroatoms. The summed E-state index contributed by atoms with van der Waals surface area (Å²) in [6.07, 6.45) is 4.42. The van der Waals surface area contributed by atoms with E-state index in [-0.39, 0.29) is 15.0 Å². The minimum absolute atomic E-state index is 0.125. The normalized spacial score (nSPS) is 14.5. The molecule has 75 valence electrons. The van der Waals surface area contributed by atoms with Gasteiger partial charge in [-0.3, -0.25) is 0 Å². The Labute approximate surface area is 102 Å². The molecule has 1 aliphatic heterocycles. The fourth-order valence-electron chi connectivity index (χ4n) is 2.02. The fourth-order valence-corrected chi connectivity index (χ4v) is 3.99. The zero-order chi connectivity index (χ0) is 10.8. The average molecular weight is 264 g/mol. The van der Waals surface area contributed by atoms with Gasteiger partial charge in [0.15, 0.2) is 0 Å². The van der Waals surface area contributed by atoms with Crippen LogP contribution in [0.4, 0.5) is 0 Å². The molecule has 2 aromatic carbocycles. The van der Waals surface area contributed by atoms with E-state index >= 15 is 0 Å². The van der Waals surface area contributed by atoms with Gasteiger partial charge in [0, 0.05) is 0 Å². The Morgan fingerprint density at radius 2 is 1.50 bits per heavy atom. The third-order valence-electron chi connectivity index (χ3n) is 2.79. The second-order valence-electron chi connectivity index (χ2n) is 3.80. The number of rotatable bonds is 0. The Morgan fingerprint density at radius 3 is 2.44 bits per heavy atom. The maximum atomic E-state index is 2.34. The first-order chi connectivity index (χ1) is 7.95. The van der Waals surface area contributed by atoms with E-state index in [1.165, 1.54) is 21.1 Å². The molecule has 0 fully saturated rings. The van der Waals surface area contributed by atoms with Gasteiger partial charge < -0.3 is 0 Å². The summed E-state index contributed by atoms with van der Waals surface area (Å²) in [4.78, 5) is 2.34. The van der Waals surface area contributed by atoms with Crippen LogP contribution in [0.3, 0.4) is 0 Å². The van der Waals surface area contributed by atoms with Crippen molar-refractivity contribution >= 4 is 30.3 Å². The van der Waals surface area contributed by atoms with Gasteiger partial charge in [-0.2, -0.15) is 0 Å². The van der Waals surface area contributed by atoms with Crippen molar-refractivity contribution in [3.05, 3.63) is 60.2 Å². The van der Waals surface area contributed by atoms with Gasteiger partial charge in [-0.1, -0.05) is 0 Å². The van der Waals surface area contributed by atoms with Crippen LogP contribution in [0.25, 0.3) is 17.2 Å². The van der Waals surface area contributed by atoms with E-state index in [9.17, 15) is 0 Å². The SMILES string of the molecule is [CH]1=[Ge][c]2ccccc2-c2ccccc2/C=C\1. The summed E-state index contributed by atoms with van der Waals surface area (Å²) in [5, 5.41) is 0. The van der Waals surface area contributed by atoms with E-state index in [0.29, 0.717) is 0 Å². The van der Waals surface area contributed by atoms with Crippen molar-refractivity contribution in [1.82, 2.24) is 0 Å². The Bertz CT molecular complexity index is 526. The third kappa shape index (κ3) is 1.70. The number of benzene rings is 2. The standard InChI is InChI=1S/C15H11Ge/c1-2-8-13-12(6-1)7-5-11-16-15-10-4-3-9-14(13)15/h1-11H/b7-5-,11-5?,12-7?,14-13?,16-11?,16-15?. The summed E-state index contributed by atoms with van der Waals surface area (Å²) in [7, 11) is 0. The Balaban J connectivity index is 2.34. The van der Waals surface area contributed by atoms with E-state index in [1.807, 2.05) is 0 Å². The molecule has 1 radical (unpaired) electrons. The van der Waals surface area contributed by atoms with Crippen LogP contribution < -0.4 is 4.40 Å². The molecule has 3 rings (SSSR count). The van der Waals surface area contributed by atoms with Crippen LogP contribution in [0.15, 0.2) is 54.6 Å². The van der Waals surface area contributed by atoms with Gasteiger partial charge in [-0.25, -0.2) is 0 Å². The van der Waals surface area contributed by atoms with E-state index < -0.39 is 0 Å². The first kappa shape index (κ1) is 9.79. The van der Waals surface area contributed by atoms with Crippen molar-refractivity contribution in [2.75, 3.05) is 0 Å². The predicted molar refractivity (Wildman–Crippen MR) is 72.4 cm³/mol. The molecule has 0 aliphatic carbocycles. The van der Waals surface area contributed by atoms with Crippen molar-refractivity contribution < 1.29 is 0 Å². The van der Waals surface area contributed by atoms with Gasteiger partial charge in [-0.15, -0.1) is 0 Å². The number of hydrogen-bond donors (Lipinski definition) is 0. The first-order valence-electron chi connectivity index (χ1n) is 5.40. The molecule has 2 aromatic rings. The van der Waals surface area contributed by atoms with Crippen molar-refractivity contribution in [1.29, 1.82) is 0 Å². The second-order valence-corrected chi connectivity index (χ2v) is 6.24. The van der Waals surface area contributed by atoms with E-state index in [1.54, 1.807) is 0 Å². The molecule has 0 nitrogen and oxygen atoms in total.